The zero-order valence-corrected chi connectivity index (χ0v) is 11.6. The highest BCUT2D eigenvalue weighted by Crippen LogP contribution is 2.38. The summed E-state index contributed by atoms with van der Waals surface area (Å²) < 4.78 is 0. The third-order valence-electron chi connectivity index (χ3n) is 4.02. The Balaban J connectivity index is 3.03. The molecule has 0 aromatic rings. The molecule has 0 aliphatic heterocycles. The van der Waals surface area contributed by atoms with Crippen molar-refractivity contribution >= 4 is 6.41 Å². The molecule has 0 radical (unpaired) electrons. The van der Waals surface area contributed by atoms with Crippen LogP contribution in [0.4, 0.5) is 0 Å². The van der Waals surface area contributed by atoms with Crippen LogP contribution in [0.3, 0.4) is 0 Å². The van der Waals surface area contributed by atoms with Gasteiger partial charge < -0.3 is 10.2 Å². The van der Waals surface area contributed by atoms with Gasteiger partial charge in [-0.25, -0.2) is 0 Å². The number of nitrogens with zero attached hydrogens (tertiary/aromatic N) is 1. The maximum absolute atomic E-state index is 10.9. The molecular formula is C14H26N2O. The summed E-state index contributed by atoms with van der Waals surface area (Å²) in [5, 5.41) is 3.10. The summed E-state index contributed by atoms with van der Waals surface area (Å²) in [5.41, 5.74) is 1.26. The van der Waals surface area contributed by atoms with E-state index >= 15 is 0 Å². The molecule has 98 valence electrons. The van der Waals surface area contributed by atoms with Crippen LogP contribution in [-0.4, -0.2) is 30.4 Å². The maximum Gasteiger partial charge on any atom is 0.207 e. The average molecular weight is 238 g/mol. The minimum Gasteiger partial charge on any atom is -0.381 e. The van der Waals surface area contributed by atoms with Gasteiger partial charge in [-0.3, -0.25) is 4.79 Å². The number of hydrogen-bond donors (Lipinski definition) is 1. The molecule has 3 heteroatoms. The number of carbonyl (C=O) groups is 1. The van der Waals surface area contributed by atoms with Crippen LogP contribution >= 0.6 is 0 Å². The van der Waals surface area contributed by atoms with Crippen LogP contribution in [0.5, 0.6) is 0 Å². The molecule has 1 aliphatic carbocycles. The highest BCUT2D eigenvalue weighted by molar-refractivity contribution is 5.51. The first-order valence-corrected chi connectivity index (χ1v) is 6.69. The largest absolute Gasteiger partial charge is 0.381 e. The predicted octanol–water partition coefficient (Wildman–Crippen LogP) is 2.54. The molecule has 1 N–H and O–H groups in total. The number of nitrogens with one attached hydrogen (secondary N) is 1. The van der Waals surface area contributed by atoms with Crippen molar-refractivity contribution in [2.75, 3.05) is 13.6 Å². The van der Waals surface area contributed by atoms with E-state index in [1.807, 2.05) is 0 Å². The second kappa shape index (κ2) is 6.08. The quantitative estimate of drug-likeness (QED) is 0.747. The van der Waals surface area contributed by atoms with Gasteiger partial charge in [0.05, 0.1) is 5.54 Å². The Hall–Kier alpha value is -0.990. The summed E-state index contributed by atoms with van der Waals surface area (Å²) in [6.07, 6.45) is 7.70. The van der Waals surface area contributed by atoms with Crippen molar-refractivity contribution in [2.24, 2.45) is 5.92 Å². The molecule has 1 unspecified atom stereocenters. The second-order valence-corrected chi connectivity index (χ2v) is 5.32. The summed E-state index contributed by atoms with van der Waals surface area (Å²) in [4.78, 5) is 13.1. The van der Waals surface area contributed by atoms with E-state index in [0.717, 1.165) is 25.8 Å². The molecule has 1 saturated carbocycles. The normalized spacial score (nSPS) is 27.2. The standard InChI is InChI=1S/C14H26N2O/c1-5-16(4)10-13-8-6-7-9-14(13,12(2)3)15-11-17/h10-12H,5-9H2,1-4H3,(H,15,17)/b13-10-. The Morgan fingerprint density at radius 2 is 2.18 bits per heavy atom. The lowest BCUT2D eigenvalue weighted by atomic mass is 9.71. The van der Waals surface area contributed by atoms with Crippen LogP contribution in [0.2, 0.25) is 0 Å². The summed E-state index contributed by atoms with van der Waals surface area (Å²) in [7, 11) is 2.09. The minimum atomic E-state index is -0.122. The molecule has 1 rings (SSSR count). The van der Waals surface area contributed by atoms with E-state index in [9.17, 15) is 4.79 Å². The molecule has 3 nitrogen and oxygen atoms in total. The van der Waals surface area contributed by atoms with Gasteiger partial charge in [-0.1, -0.05) is 20.3 Å². The lowest BCUT2D eigenvalue weighted by Crippen LogP contribution is -2.52. The van der Waals surface area contributed by atoms with Crippen molar-refractivity contribution in [2.45, 2.75) is 52.0 Å². The van der Waals surface area contributed by atoms with E-state index in [-0.39, 0.29) is 5.54 Å². The van der Waals surface area contributed by atoms with Crippen LogP contribution in [0.15, 0.2) is 11.8 Å². The topological polar surface area (TPSA) is 32.3 Å². The van der Waals surface area contributed by atoms with Gasteiger partial charge in [0.1, 0.15) is 0 Å². The van der Waals surface area contributed by atoms with Crippen LogP contribution in [0, 0.1) is 5.92 Å². The summed E-state index contributed by atoms with van der Waals surface area (Å²) in [6.45, 7) is 7.53. The predicted molar refractivity (Wildman–Crippen MR) is 71.6 cm³/mol. The number of amides is 1. The molecule has 1 amide bonds. The first kappa shape index (κ1) is 14.1. The molecule has 0 spiro atoms. The molecule has 0 bridgehead atoms. The lowest BCUT2D eigenvalue weighted by Gasteiger charge is -2.43. The summed E-state index contributed by atoms with van der Waals surface area (Å²) in [5.74, 6) is 0.435. The fourth-order valence-electron chi connectivity index (χ4n) is 2.74. The van der Waals surface area contributed by atoms with Crippen LogP contribution < -0.4 is 5.32 Å². The summed E-state index contributed by atoms with van der Waals surface area (Å²) in [6, 6.07) is 0. The van der Waals surface area contributed by atoms with Gasteiger partial charge in [-0.15, -0.1) is 0 Å². The molecule has 1 atom stereocenters. The Bertz CT molecular complexity index is 286. The van der Waals surface area contributed by atoms with Crippen LogP contribution in [0.25, 0.3) is 0 Å². The van der Waals surface area contributed by atoms with Crippen LogP contribution in [0.1, 0.15) is 46.5 Å². The molecule has 0 aromatic carbocycles. The van der Waals surface area contributed by atoms with Gasteiger partial charge in [0.15, 0.2) is 0 Å². The van der Waals surface area contributed by atoms with Gasteiger partial charge in [-0.2, -0.15) is 0 Å². The lowest BCUT2D eigenvalue weighted by molar-refractivity contribution is -0.111. The summed E-state index contributed by atoms with van der Waals surface area (Å²) >= 11 is 0. The third-order valence-corrected chi connectivity index (χ3v) is 4.02. The zero-order valence-electron chi connectivity index (χ0n) is 11.6. The monoisotopic (exact) mass is 238 g/mol. The Labute approximate surface area is 105 Å². The molecule has 17 heavy (non-hydrogen) atoms. The highest BCUT2D eigenvalue weighted by atomic mass is 16.1. The van der Waals surface area contributed by atoms with Crippen LogP contribution in [-0.2, 0) is 4.79 Å². The van der Waals surface area contributed by atoms with Crippen molar-refractivity contribution in [3.8, 4) is 0 Å². The molecule has 0 saturated heterocycles. The highest BCUT2D eigenvalue weighted by Gasteiger charge is 2.38. The Kier molecular flexibility index (Phi) is 5.03. The zero-order chi connectivity index (χ0) is 12.9. The van der Waals surface area contributed by atoms with E-state index in [1.54, 1.807) is 0 Å². The fraction of sp³-hybridized carbons (Fsp3) is 0.786. The van der Waals surface area contributed by atoms with Gasteiger partial charge in [0, 0.05) is 19.8 Å². The Morgan fingerprint density at radius 3 is 2.71 bits per heavy atom. The van der Waals surface area contributed by atoms with E-state index in [1.165, 1.54) is 18.4 Å². The average Bonchev–Trinajstić information content (AvgIpc) is 2.31. The minimum absolute atomic E-state index is 0.122. The van der Waals surface area contributed by atoms with Crippen molar-refractivity contribution in [3.63, 3.8) is 0 Å². The molecule has 0 heterocycles. The molecule has 0 aromatic heterocycles. The van der Waals surface area contributed by atoms with E-state index in [2.05, 4.69) is 44.2 Å². The van der Waals surface area contributed by atoms with Crippen molar-refractivity contribution in [1.29, 1.82) is 0 Å². The van der Waals surface area contributed by atoms with Gasteiger partial charge >= 0.3 is 0 Å². The number of hydrogen-bond acceptors (Lipinski definition) is 2. The van der Waals surface area contributed by atoms with Crippen molar-refractivity contribution in [1.82, 2.24) is 10.2 Å². The number of carbonyl (C=O) groups excluding carboxylic acids is 1. The Morgan fingerprint density at radius 1 is 1.47 bits per heavy atom. The third kappa shape index (κ3) is 3.02. The number of rotatable bonds is 5. The maximum atomic E-state index is 10.9. The van der Waals surface area contributed by atoms with Gasteiger partial charge in [0.2, 0.25) is 6.41 Å². The first-order chi connectivity index (χ1) is 8.06. The first-order valence-electron chi connectivity index (χ1n) is 6.69. The van der Waals surface area contributed by atoms with E-state index < -0.39 is 0 Å². The van der Waals surface area contributed by atoms with E-state index in [0.29, 0.717) is 5.92 Å². The molecule has 1 fully saturated rings. The second-order valence-electron chi connectivity index (χ2n) is 5.32. The van der Waals surface area contributed by atoms with Crippen molar-refractivity contribution < 1.29 is 4.79 Å². The SMILES string of the molecule is CCN(C)/C=C1/CCCCC1(NC=O)C(C)C. The van der Waals surface area contributed by atoms with Crippen molar-refractivity contribution in [3.05, 3.63) is 11.8 Å². The molecule has 1 aliphatic rings. The fourth-order valence-corrected chi connectivity index (χ4v) is 2.74. The van der Waals surface area contributed by atoms with Gasteiger partial charge in [0.25, 0.3) is 0 Å². The van der Waals surface area contributed by atoms with Gasteiger partial charge in [-0.05, 0) is 37.7 Å². The smallest absolute Gasteiger partial charge is 0.207 e. The molecular weight excluding hydrogens is 212 g/mol. The van der Waals surface area contributed by atoms with E-state index in [4.69, 9.17) is 0 Å².